The SMILES string of the molecule is Cc1c(N)cccc1C(=O)Nc1ccc(Br)c([N+](=O)[O-])c1. The monoisotopic (exact) mass is 349 g/mol. The summed E-state index contributed by atoms with van der Waals surface area (Å²) in [6, 6.07) is 9.42. The number of rotatable bonds is 3. The summed E-state index contributed by atoms with van der Waals surface area (Å²) in [4.78, 5) is 22.6. The van der Waals surface area contributed by atoms with Crippen LogP contribution in [-0.4, -0.2) is 10.8 Å². The fourth-order valence-corrected chi connectivity index (χ4v) is 2.22. The van der Waals surface area contributed by atoms with Crippen LogP contribution >= 0.6 is 15.9 Å². The van der Waals surface area contributed by atoms with Crippen molar-refractivity contribution in [2.75, 3.05) is 11.1 Å². The Morgan fingerprint density at radius 2 is 2.05 bits per heavy atom. The van der Waals surface area contributed by atoms with Crippen LogP contribution in [0.4, 0.5) is 17.1 Å². The van der Waals surface area contributed by atoms with E-state index in [0.29, 0.717) is 27.0 Å². The number of nitrogens with one attached hydrogen (secondary N) is 1. The third-order valence-corrected chi connectivity index (χ3v) is 3.69. The summed E-state index contributed by atoms with van der Waals surface area (Å²) in [6.07, 6.45) is 0. The summed E-state index contributed by atoms with van der Waals surface area (Å²) in [5, 5.41) is 13.5. The van der Waals surface area contributed by atoms with Crippen LogP contribution in [0.1, 0.15) is 15.9 Å². The second-order valence-electron chi connectivity index (χ2n) is 4.40. The van der Waals surface area contributed by atoms with Gasteiger partial charge in [-0.2, -0.15) is 0 Å². The third kappa shape index (κ3) is 3.19. The van der Waals surface area contributed by atoms with Crippen molar-refractivity contribution in [3.63, 3.8) is 0 Å². The Morgan fingerprint density at radius 1 is 1.33 bits per heavy atom. The first-order valence-corrected chi connectivity index (χ1v) is 6.80. The van der Waals surface area contributed by atoms with Gasteiger partial charge in [-0.15, -0.1) is 0 Å². The highest BCUT2D eigenvalue weighted by atomic mass is 79.9. The minimum Gasteiger partial charge on any atom is -0.398 e. The number of halogens is 1. The molecule has 2 aromatic rings. The van der Waals surface area contributed by atoms with E-state index in [2.05, 4.69) is 21.2 Å². The van der Waals surface area contributed by atoms with Crippen LogP contribution in [0.25, 0.3) is 0 Å². The van der Waals surface area contributed by atoms with Crippen molar-refractivity contribution < 1.29 is 9.72 Å². The van der Waals surface area contributed by atoms with Crippen molar-refractivity contribution in [1.82, 2.24) is 0 Å². The average molecular weight is 350 g/mol. The molecule has 108 valence electrons. The minimum atomic E-state index is -0.522. The molecule has 0 fully saturated rings. The molecule has 0 atom stereocenters. The van der Waals surface area contributed by atoms with E-state index in [4.69, 9.17) is 5.73 Å². The Kier molecular flexibility index (Phi) is 4.23. The van der Waals surface area contributed by atoms with Gasteiger partial charge in [0.1, 0.15) is 0 Å². The molecule has 0 aliphatic heterocycles. The normalized spacial score (nSPS) is 10.2. The highest BCUT2D eigenvalue weighted by molar-refractivity contribution is 9.10. The van der Waals surface area contributed by atoms with Crippen molar-refractivity contribution >= 4 is 38.9 Å². The van der Waals surface area contributed by atoms with E-state index in [1.807, 2.05) is 0 Å². The van der Waals surface area contributed by atoms with Crippen molar-refractivity contribution in [2.45, 2.75) is 6.92 Å². The van der Waals surface area contributed by atoms with Crippen molar-refractivity contribution in [1.29, 1.82) is 0 Å². The van der Waals surface area contributed by atoms with Crippen LogP contribution < -0.4 is 11.1 Å². The summed E-state index contributed by atoms with van der Waals surface area (Å²) < 4.78 is 0.352. The van der Waals surface area contributed by atoms with Crippen LogP contribution in [0.5, 0.6) is 0 Å². The molecule has 7 heteroatoms. The third-order valence-electron chi connectivity index (χ3n) is 3.02. The number of hydrogen-bond donors (Lipinski definition) is 2. The van der Waals surface area contributed by atoms with Crippen molar-refractivity contribution in [2.24, 2.45) is 0 Å². The van der Waals surface area contributed by atoms with E-state index in [9.17, 15) is 14.9 Å². The summed E-state index contributed by atoms with van der Waals surface area (Å²) in [7, 11) is 0. The van der Waals surface area contributed by atoms with E-state index < -0.39 is 4.92 Å². The Bertz CT molecular complexity index is 731. The number of nitrogens with two attached hydrogens (primary N) is 1. The van der Waals surface area contributed by atoms with E-state index in [1.165, 1.54) is 12.1 Å². The first-order valence-electron chi connectivity index (χ1n) is 6.00. The van der Waals surface area contributed by atoms with Gasteiger partial charge in [-0.1, -0.05) is 6.07 Å². The van der Waals surface area contributed by atoms with Crippen molar-refractivity contribution in [3.05, 3.63) is 62.1 Å². The van der Waals surface area contributed by atoms with Gasteiger partial charge >= 0.3 is 0 Å². The van der Waals surface area contributed by atoms with E-state index in [1.54, 1.807) is 31.2 Å². The fraction of sp³-hybridized carbons (Fsp3) is 0.0714. The number of anilines is 2. The van der Waals surface area contributed by atoms with Gasteiger partial charge in [-0.3, -0.25) is 14.9 Å². The zero-order valence-electron chi connectivity index (χ0n) is 11.1. The van der Waals surface area contributed by atoms with Crippen LogP contribution in [-0.2, 0) is 0 Å². The van der Waals surface area contributed by atoms with Crippen LogP contribution in [0.3, 0.4) is 0 Å². The second kappa shape index (κ2) is 5.92. The molecule has 0 saturated carbocycles. The summed E-state index contributed by atoms with van der Waals surface area (Å²) >= 11 is 3.09. The Balaban J connectivity index is 2.30. The van der Waals surface area contributed by atoms with Gasteiger partial charge in [-0.25, -0.2) is 0 Å². The number of nitrogens with zero attached hydrogens (tertiary/aromatic N) is 1. The molecule has 21 heavy (non-hydrogen) atoms. The number of carbonyl (C=O) groups is 1. The largest absolute Gasteiger partial charge is 0.398 e. The summed E-state index contributed by atoms with van der Waals surface area (Å²) in [5.74, 6) is -0.364. The van der Waals surface area contributed by atoms with Crippen molar-refractivity contribution in [3.8, 4) is 0 Å². The maximum Gasteiger partial charge on any atom is 0.285 e. The number of benzene rings is 2. The molecular formula is C14H12BrN3O3. The lowest BCUT2D eigenvalue weighted by Gasteiger charge is -2.09. The Morgan fingerprint density at radius 3 is 2.71 bits per heavy atom. The molecule has 3 N–H and O–H groups in total. The lowest BCUT2D eigenvalue weighted by molar-refractivity contribution is -0.385. The van der Waals surface area contributed by atoms with Crippen LogP contribution in [0.2, 0.25) is 0 Å². The molecule has 0 saturated heterocycles. The number of carbonyl (C=O) groups excluding carboxylic acids is 1. The molecule has 0 radical (unpaired) electrons. The van der Waals surface area contributed by atoms with E-state index >= 15 is 0 Å². The maximum atomic E-state index is 12.2. The summed E-state index contributed by atoms with van der Waals surface area (Å²) in [6.45, 7) is 1.74. The Labute approximate surface area is 129 Å². The molecule has 0 unspecified atom stereocenters. The molecule has 1 amide bonds. The molecule has 2 aromatic carbocycles. The quantitative estimate of drug-likeness (QED) is 0.503. The second-order valence-corrected chi connectivity index (χ2v) is 5.25. The van der Waals surface area contributed by atoms with Gasteiger partial charge in [0.15, 0.2) is 0 Å². The molecule has 0 bridgehead atoms. The van der Waals surface area contributed by atoms with E-state index in [0.717, 1.165) is 0 Å². The standard InChI is InChI=1S/C14H12BrN3O3/c1-8-10(3-2-4-12(8)16)14(19)17-9-5-6-11(15)13(7-9)18(20)21/h2-7H,16H2,1H3,(H,17,19). The van der Waals surface area contributed by atoms with Gasteiger partial charge in [0, 0.05) is 23.0 Å². The number of nitro benzene ring substituents is 1. The summed E-state index contributed by atoms with van der Waals surface area (Å²) in [5.41, 5.74) is 7.61. The zero-order chi connectivity index (χ0) is 15.6. The fourth-order valence-electron chi connectivity index (χ4n) is 1.83. The van der Waals surface area contributed by atoms with Gasteiger partial charge in [0.2, 0.25) is 0 Å². The molecule has 0 aromatic heterocycles. The van der Waals surface area contributed by atoms with Gasteiger partial charge < -0.3 is 11.1 Å². The van der Waals surface area contributed by atoms with Crippen LogP contribution in [0, 0.1) is 17.0 Å². The highest BCUT2D eigenvalue weighted by Gasteiger charge is 2.15. The molecule has 6 nitrogen and oxygen atoms in total. The highest BCUT2D eigenvalue weighted by Crippen LogP contribution is 2.28. The number of hydrogen-bond acceptors (Lipinski definition) is 4. The predicted molar refractivity (Wildman–Crippen MR) is 84.3 cm³/mol. The van der Waals surface area contributed by atoms with Crippen LogP contribution in [0.15, 0.2) is 40.9 Å². The lowest BCUT2D eigenvalue weighted by Crippen LogP contribution is -2.14. The molecule has 0 aliphatic carbocycles. The molecule has 0 aliphatic rings. The molecular weight excluding hydrogens is 338 g/mol. The Hall–Kier alpha value is -2.41. The van der Waals surface area contributed by atoms with Gasteiger partial charge in [-0.05, 0) is 52.7 Å². The minimum absolute atomic E-state index is 0.114. The smallest absolute Gasteiger partial charge is 0.285 e. The first-order chi connectivity index (χ1) is 9.90. The molecule has 2 rings (SSSR count). The van der Waals surface area contributed by atoms with E-state index in [-0.39, 0.29) is 11.6 Å². The first kappa shape index (κ1) is 15.0. The predicted octanol–water partition coefficient (Wildman–Crippen LogP) is 3.50. The maximum absolute atomic E-state index is 12.2. The number of nitro groups is 1. The van der Waals surface area contributed by atoms with Gasteiger partial charge in [0.25, 0.3) is 11.6 Å². The topological polar surface area (TPSA) is 98.3 Å². The average Bonchev–Trinajstić information content (AvgIpc) is 2.43. The molecule has 0 heterocycles. The van der Waals surface area contributed by atoms with Gasteiger partial charge in [0.05, 0.1) is 9.40 Å². The number of amides is 1. The zero-order valence-corrected chi connectivity index (χ0v) is 12.7. The lowest BCUT2D eigenvalue weighted by atomic mass is 10.1. The molecule has 0 spiro atoms. The number of nitrogen functional groups attached to an aromatic ring is 1.